The average molecular weight is 367 g/mol. The molecule has 2 heteroatoms. The molecule has 0 heterocycles. The summed E-state index contributed by atoms with van der Waals surface area (Å²) in [7, 11) is 4.15. The second-order valence-corrected chi connectivity index (χ2v) is 8.02. The van der Waals surface area contributed by atoms with Gasteiger partial charge in [-0.3, -0.25) is 4.90 Å². The SMILES string of the molecule is C=CCCC(C(=C)NC)N(C)Cc1cc(CC2CCCCC2)ccc1C=C. The molecule has 2 rings (SSSR count). The predicted molar refractivity (Wildman–Crippen MR) is 120 cm³/mol. The molecule has 0 saturated heterocycles. The summed E-state index contributed by atoms with van der Waals surface area (Å²) in [6.07, 6.45) is 14.2. The second kappa shape index (κ2) is 11.1. The fourth-order valence-electron chi connectivity index (χ4n) is 4.33. The first-order chi connectivity index (χ1) is 13.1. The summed E-state index contributed by atoms with van der Waals surface area (Å²) in [6, 6.07) is 7.26. The van der Waals surface area contributed by atoms with Crippen LogP contribution in [0.3, 0.4) is 0 Å². The van der Waals surface area contributed by atoms with E-state index in [4.69, 9.17) is 0 Å². The zero-order valence-corrected chi connectivity index (χ0v) is 17.5. The van der Waals surface area contributed by atoms with Crippen molar-refractivity contribution < 1.29 is 0 Å². The summed E-state index contributed by atoms with van der Waals surface area (Å²) < 4.78 is 0. The lowest BCUT2D eigenvalue weighted by Gasteiger charge is -2.30. The van der Waals surface area contributed by atoms with Crippen molar-refractivity contribution in [3.05, 3.63) is 66.4 Å². The minimum absolute atomic E-state index is 0.299. The number of allylic oxidation sites excluding steroid dienone is 1. The summed E-state index contributed by atoms with van der Waals surface area (Å²) in [5.74, 6) is 0.864. The highest BCUT2D eigenvalue weighted by atomic mass is 15.1. The van der Waals surface area contributed by atoms with Crippen molar-refractivity contribution in [1.29, 1.82) is 0 Å². The van der Waals surface area contributed by atoms with Crippen molar-refractivity contribution in [2.75, 3.05) is 14.1 Å². The fourth-order valence-corrected chi connectivity index (χ4v) is 4.33. The van der Waals surface area contributed by atoms with Gasteiger partial charge in [0.25, 0.3) is 0 Å². The Morgan fingerprint density at radius 2 is 2.00 bits per heavy atom. The van der Waals surface area contributed by atoms with Gasteiger partial charge in [-0.2, -0.15) is 0 Å². The summed E-state index contributed by atoms with van der Waals surface area (Å²) >= 11 is 0. The molecule has 27 heavy (non-hydrogen) atoms. The summed E-state index contributed by atoms with van der Waals surface area (Å²) in [5.41, 5.74) is 5.16. The number of likely N-dealkylation sites (N-methyl/N-ethyl adjacent to an activating group) is 2. The Hall–Kier alpha value is -1.80. The highest BCUT2D eigenvalue weighted by Crippen LogP contribution is 2.28. The van der Waals surface area contributed by atoms with Gasteiger partial charge in [-0.05, 0) is 48.9 Å². The summed E-state index contributed by atoms with van der Waals surface area (Å²) in [4.78, 5) is 2.40. The molecular weight excluding hydrogens is 328 g/mol. The molecule has 1 aliphatic carbocycles. The third-order valence-corrected chi connectivity index (χ3v) is 6.00. The minimum atomic E-state index is 0.299. The molecule has 1 fully saturated rings. The van der Waals surface area contributed by atoms with E-state index in [-0.39, 0.29) is 0 Å². The molecule has 0 aromatic heterocycles. The zero-order chi connectivity index (χ0) is 19.6. The number of nitrogens with zero attached hydrogens (tertiary/aromatic N) is 1. The smallest absolute Gasteiger partial charge is 0.0492 e. The molecule has 0 amide bonds. The van der Waals surface area contributed by atoms with Gasteiger partial charge in [0.15, 0.2) is 0 Å². The Labute approximate surface area is 167 Å². The highest BCUT2D eigenvalue weighted by molar-refractivity contribution is 5.53. The van der Waals surface area contributed by atoms with Crippen LogP contribution in [0.5, 0.6) is 0 Å². The minimum Gasteiger partial charge on any atom is -0.391 e. The van der Waals surface area contributed by atoms with Gasteiger partial charge in [-0.1, -0.05) is 75.6 Å². The van der Waals surface area contributed by atoms with Gasteiger partial charge >= 0.3 is 0 Å². The molecule has 1 atom stereocenters. The third kappa shape index (κ3) is 6.39. The van der Waals surface area contributed by atoms with Crippen LogP contribution in [-0.2, 0) is 13.0 Å². The first-order valence-electron chi connectivity index (χ1n) is 10.5. The van der Waals surface area contributed by atoms with Crippen LogP contribution in [0, 0.1) is 5.92 Å². The third-order valence-electron chi connectivity index (χ3n) is 6.00. The van der Waals surface area contributed by atoms with E-state index in [0.717, 1.165) is 31.0 Å². The predicted octanol–water partition coefficient (Wildman–Crippen LogP) is 5.95. The maximum atomic E-state index is 4.22. The van der Waals surface area contributed by atoms with Gasteiger partial charge in [0.05, 0.1) is 0 Å². The zero-order valence-electron chi connectivity index (χ0n) is 17.5. The lowest BCUT2D eigenvalue weighted by molar-refractivity contribution is 0.246. The molecule has 1 aliphatic rings. The maximum absolute atomic E-state index is 4.22. The quantitative estimate of drug-likeness (QED) is 0.487. The molecule has 0 radical (unpaired) electrons. The monoisotopic (exact) mass is 366 g/mol. The molecule has 1 aromatic rings. The number of hydrogen-bond donors (Lipinski definition) is 1. The Balaban J connectivity index is 2.13. The molecule has 1 aromatic carbocycles. The van der Waals surface area contributed by atoms with E-state index in [0.29, 0.717) is 6.04 Å². The van der Waals surface area contributed by atoms with E-state index in [1.54, 1.807) is 0 Å². The van der Waals surface area contributed by atoms with E-state index in [9.17, 15) is 0 Å². The molecule has 0 bridgehead atoms. The molecule has 2 nitrogen and oxygen atoms in total. The van der Waals surface area contributed by atoms with Crippen molar-refractivity contribution in [1.82, 2.24) is 10.2 Å². The van der Waals surface area contributed by atoms with E-state index >= 15 is 0 Å². The van der Waals surface area contributed by atoms with Crippen LogP contribution in [0.25, 0.3) is 6.08 Å². The average Bonchev–Trinajstić information content (AvgIpc) is 2.69. The van der Waals surface area contributed by atoms with Crippen LogP contribution in [0.15, 0.2) is 49.7 Å². The Morgan fingerprint density at radius 3 is 2.63 bits per heavy atom. The van der Waals surface area contributed by atoms with Gasteiger partial charge in [0.2, 0.25) is 0 Å². The molecular formula is C25H38N2. The maximum Gasteiger partial charge on any atom is 0.0492 e. The number of hydrogen-bond acceptors (Lipinski definition) is 2. The van der Waals surface area contributed by atoms with Crippen molar-refractivity contribution in [3.8, 4) is 0 Å². The largest absolute Gasteiger partial charge is 0.391 e. The van der Waals surface area contributed by atoms with Gasteiger partial charge in [-0.15, -0.1) is 6.58 Å². The topological polar surface area (TPSA) is 15.3 Å². The number of benzene rings is 1. The van der Waals surface area contributed by atoms with Crippen molar-refractivity contribution >= 4 is 6.08 Å². The van der Waals surface area contributed by atoms with E-state index in [2.05, 4.69) is 55.2 Å². The van der Waals surface area contributed by atoms with Crippen molar-refractivity contribution in [2.45, 2.75) is 64.0 Å². The molecule has 1 N–H and O–H groups in total. The summed E-state index contributed by atoms with van der Waals surface area (Å²) in [5, 5.41) is 3.24. The van der Waals surface area contributed by atoms with Gasteiger partial charge in [-0.25, -0.2) is 0 Å². The second-order valence-electron chi connectivity index (χ2n) is 8.02. The van der Waals surface area contributed by atoms with Crippen LogP contribution in [-0.4, -0.2) is 25.0 Å². The lowest BCUT2D eigenvalue weighted by atomic mass is 9.84. The Kier molecular flexibility index (Phi) is 8.87. The van der Waals surface area contributed by atoms with Crippen LogP contribution < -0.4 is 5.32 Å². The molecule has 0 aliphatic heterocycles. The van der Waals surface area contributed by atoms with E-state index < -0.39 is 0 Å². The van der Waals surface area contributed by atoms with E-state index in [1.165, 1.54) is 55.2 Å². The molecule has 1 saturated carbocycles. The molecule has 1 unspecified atom stereocenters. The van der Waals surface area contributed by atoms with Crippen LogP contribution in [0.2, 0.25) is 0 Å². The lowest BCUT2D eigenvalue weighted by Crippen LogP contribution is -2.36. The molecule has 0 spiro atoms. The van der Waals surface area contributed by atoms with Gasteiger partial charge in [0.1, 0.15) is 0 Å². The highest BCUT2D eigenvalue weighted by Gasteiger charge is 2.19. The van der Waals surface area contributed by atoms with Crippen LogP contribution in [0.4, 0.5) is 0 Å². The van der Waals surface area contributed by atoms with Gasteiger partial charge < -0.3 is 5.32 Å². The fraction of sp³-hybridized carbons (Fsp3) is 0.520. The van der Waals surface area contributed by atoms with Crippen molar-refractivity contribution in [3.63, 3.8) is 0 Å². The van der Waals surface area contributed by atoms with Crippen LogP contribution >= 0.6 is 0 Å². The Bertz CT molecular complexity index is 625. The first kappa shape index (κ1) is 21.5. The van der Waals surface area contributed by atoms with Gasteiger partial charge in [0, 0.05) is 25.3 Å². The summed E-state index contributed by atoms with van der Waals surface area (Å²) in [6.45, 7) is 13.0. The Morgan fingerprint density at radius 1 is 1.26 bits per heavy atom. The first-order valence-corrected chi connectivity index (χ1v) is 10.5. The number of nitrogens with one attached hydrogen (secondary N) is 1. The molecule has 148 valence electrons. The normalized spacial score (nSPS) is 16.1. The van der Waals surface area contributed by atoms with Crippen LogP contribution in [0.1, 0.15) is 61.6 Å². The standard InChI is InChI=1S/C25H38N2/c1-6-8-14-25(20(3)26-4)27(5)19-24-18-22(15-16-23(24)7-2)17-21-12-10-9-11-13-21/h6-7,15-16,18,21,25-26H,1-3,8-14,17,19H2,4-5H3. The number of rotatable bonds is 11. The van der Waals surface area contributed by atoms with E-state index in [1.807, 2.05) is 19.2 Å². The van der Waals surface area contributed by atoms with Crippen molar-refractivity contribution in [2.24, 2.45) is 5.92 Å².